The molecule has 2 nitrogen and oxygen atoms in total. The summed E-state index contributed by atoms with van der Waals surface area (Å²) < 4.78 is 13.6. The van der Waals surface area contributed by atoms with Gasteiger partial charge in [0.15, 0.2) is 0 Å². The monoisotopic (exact) mass is 256 g/mol. The van der Waals surface area contributed by atoms with Gasteiger partial charge in [0.25, 0.3) is 0 Å². The third-order valence-electron chi connectivity index (χ3n) is 3.71. The largest absolute Gasteiger partial charge is 0.310 e. The Morgan fingerprint density at radius 1 is 1.32 bits per heavy atom. The van der Waals surface area contributed by atoms with E-state index >= 15 is 0 Å². The van der Waals surface area contributed by atoms with Crippen LogP contribution < -0.4 is 5.32 Å². The minimum absolute atomic E-state index is 0.180. The van der Waals surface area contributed by atoms with Crippen molar-refractivity contribution in [1.29, 1.82) is 0 Å². The van der Waals surface area contributed by atoms with Crippen LogP contribution in [0.4, 0.5) is 4.39 Å². The molecular formula is C16H17FN2. The van der Waals surface area contributed by atoms with E-state index in [0.29, 0.717) is 0 Å². The molecule has 1 unspecified atom stereocenters. The van der Waals surface area contributed by atoms with E-state index in [0.717, 1.165) is 41.8 Å². The molecule has 1 N–H and O–H groups in total. The Balaban J connectivity index is 2.13. The summed E-state index contributed by atoms with van der Waals surface area (Å²) >= 11 is 0. The maximum atomic E-state index is 13.6. The second kappa shape index (κ2) is 5.10. The molecule has 1 aliphatic heterocycles. The fraction of sp³-hybridized carbons (Fsp3) is 0.312. The van der Waals surface area contributed by atoms with Crippen LogP contribution in [0.3, 0.4) is 0 Å². The van der Waals surface area contributed by atoms with Crippen LogP contribution in [0.1, 0.15) is 30.0 Å². The van der Waals surface area contributed by atoms with Gasteiger partial charge in [0.05, 0.1) is 5.69 Å². The molecule has 0 amide bonds. The molecule has 1 aromatic heterocycles. The fourth-order valence-corrected chi connectivity index (χ4v) is 2.76. The van der Waals surface area contributed by atoms with Gasteiger partial charge in [-0.05, 0) is 61.7 Å². The molecule has 1 aliphatic rings. The van der Waals surface area contributed by atoms with Crippen molar-refractivity contribution < 1.29 is 4.39 Å². The number of nitrogens with one attached hydrogen (secondary N) is 1. The van der Waals surface area contributed by atoms with Crippen LogP contribution in [-0.4, -0.2) is 11.5 Å². The Morgan fingerprint density at radius 3 is 2.95 bits per heavy atom. The van der Waals surface area contributed by atoms with Crippen LogP contribution in [0.5, 0.6) is 0 Å². The lowest BCUT2D eigenvalue weighted by Gasteiger charge is -2.17. The highest BCUT2D eigenvalue weighted by molar-refractivity contribution is 5.67. The third-order valence-corrected chi connectivity index (χ3v) is 3.71. The lowest BCUT2D eigenvalue weighted by Crippen LogP contribution is -2.14. The van der Waals surface area contributed by atoms with Crippen molar-refractivity contribution in [3.05, 3.63) is 53.5 Å². The summed E-state index contributed by atoms with van der Waals surface area (Å²) in [7, 11) is 0. The Hall–Kier alpha value is -1.74. The van der Waals surface area contributed by atoms with Crippen molar-refractivity contribution in [2.45, 2.75) is 25.8 Å². The van der Waals surface area contributed by atoms with Gasteiger partial charge in [-0.15, -0.1) is 0 Å². The van der Waals surface area contributed by atoms with Crippen molar-refractivity contribution in [3.8, 4) is 11.3 Å². The Labute approximate surface area is 112 Å². The van der Waals surface area contributed by atoms with E-state index < -0.39 is 0 Å². The van der Waals surface area contributed by atoms with Crippen molar-refractivity contribution in [2.75, 3.05) is 6.54 Å². The zero-order chi connectivity index (χ0) is 13.2. The Kier molecular flexibility index (Phi) is 3.30. The summed E-state index contributed by atoms with van der Waals surface area (Å²) in [6, 6.07) is 9.22. The van der Waals surface area contributed by atoms with Gasteiger partial charge in [0, 0.05) is 17.8 Å². The van der Waals surface area contributed by atoms with Crippen molar-refractivity contribution in [2.24, 2.45) is 0 Å². The summed E-state index contributed by atoms with van der Waals surface area (Å²) in [6.07, 6.45) is 3.99. The summed E-state index contributed by atoms with van der Waals surface area (Å²) in [6.45, 7) is 3.04. The van der Waals surface area contributed by atoms with Gasteiger partial charge in [-0.2, -0.15) is 0 Å². The van der Waals surface area contributed by atoms with E-state index in [2.05, 4.69) is 10.3 Å². The molecule has 1 saturated heterocycles. The smallest absolute Gasteiger partial charge is 0.123 e. The van der Waals surface area contributed by atoms with Gasteiger partial charge in [-0.1, -0.05) is 6.07 Å². The van der Waals surface area contributed by atoms with Gasteiger partial charge in [-0.3, -0.25) is 4.98 Å². The van der Waals surface area contributed by atoms with Crippen LogP contribution in [0.25, 0.3) is 11.3 Å². The molecule has 0 spiro atoms. The molecule has 0 bridgehead atoms. The number of aryl methyl sites for hydroxylation is 1. The number of pyridine rings is 1. The molecule has 1 aromatic carbocycles. The normalized spacial score (nSPS) is 18.7. The number of aromatic nitrogens is 1. The van der Waals surface area contributed by atoms with Crippen molar-refractivity contribution >= 4 is 0 Å². The standard InChI is InChI=1S/C16H17FN2/c1-11-4-2-9-19-16(11)13-7-6-12(17)10-14(13)15-5-3-8-18-15/h2,4,6-7,9-10,15,18H,3,5,8H2,1H3. The summed E-state index contributed by atoms with van der Waals surface area (Å²) in [5.41, 5.74) is 4.14. The molecule has 3 rings (SSSR count). The lowest BCUT2D eigenvalue weighted by molar-refractivity contribution is 0.607. The first-order chi connectivity index (χ1) is 9.25. The highest BCUT2D eigenvalue weighted by Crippen LogP contribution is 2.33. The number of hydrogen-bond acceptors (Lipinski definition) is 2. The minimum Gasteiger partial charge on any atom is -0.310 e. The first-order valence-corrected chi connectivity index (χ1v) is 6.70. The van der Waals surface area contributed by atoms with Crippen molar-refractivity contribution in [3.63, 3.8) is 0 Å². The predicted molar refractivity (Wildman–Crippen MR) is 74.3 cm³/mol. The molecule has 1 atom stereocenters. The summed E-state index contributed by atoms with van der Waals surface area (Å²) in [5.74, 6) is -0.180. The molecule has 19 heavy (non-hydrogen) atoms. The second-order valence-corrected chi connectivity index (χ2v) is 5.05. The zero-order valence-corrected chi connectivity index (χ0v) is 11.0. The van der Waals surface area contributed by atoms with E-state index in [1.807, 2.05) is 25.1 Å². The minimum atomic E-state index is -0.180. The van der Waals surface area contributed by atoms with Gasteiger partial charge >= 0.3 is 0 Å². The number of halogens is 1. The second-order valence-electron chi connectivity index (χ2n) is 5.05. The van der Waals surface area contributed by atoms with Crippen LogP contribution in [0.2, 0.25) is 0 Å². The fourth-order valence-electron chi connectivity index (χ4n) is 2.76. The lowest BCUT2D eigenvalue weighted by atomic mass is 9.95. The maximum Gasteiger partial charge on any atom is 0.123 e. The molecule has 2 heterocycles. The van der Waals surface area contributed by atoms with Crippen LogP contribution in [0.15, 0.2) is 36.5 Å². The van der Waals surface area contributed by atoms with Gasteiger partial charge in [0.1, 0.15) is 5.82 Å². The predicted octanol–water partition coefficient (Wildman–Crippen LogP) is 3.62. The van der Waals surface area contributed by atoms with Gasteiger partial charge in [0.2, 0.25) is 0 Å². The Bertz CT molecular complexity index is 589. The molecule has 1 fully saturated rings. The average Bonchev–Trinajstić information content (AvgIpc) is 2.93. The molecule has 98 valence electrons. The van der Waals surface area contributed by atoms with Gasteiger partial charge in [-0.25, -0.2) is 4.39 Å². The summed E-state index contributed by atoms with van der Waals surface area (Å²) in [5, 5.41) is 3.44. The first-order valence-electron chi connectivity index (χ1n) is 6.70. The quantitative estimate of drug-likeness (QED) is 0.887. The SMILES string of the molecule is Cc1cccnc1-c1ccc(F)cc1C1CCCN1. The van der Waals surface area contributed by atoms with E-state index in [9.17, 15) is 4.39 Å². The number of hydrogen-bond donors (Lipinski definition) is 1. The van der Waals surface area contributed by atoms with Crippen LogP contribution in [0, 0.1) is 12.7 Å². The van der Waals surface area contributed by atoms with E-state index in [-0.39, 0.29) is 11.9 Å². The molecule has 3 heteroatoms. The average molecular weight is 256 g/mol. The van der Waals surface area contributed by atoms with E-state index in [1.54, 1.807) is 12.3 Å². The number of nitrogens with zero attached hydrogens (tertiary/aromatic N) is 1. The molecule has 0 saturated carbocycles. The van der Waals surface area contributed by atoms with Crippen LogP contribution in [-0.2, 0) is 0 Å². The van der Waals surface area contributed by atoms with Crippen LogP contribution >= 0.6 is 0 Å². The molecule has 0 radical (unpaired) electrons. The highest BCUT2D eigenvalue weighted by atomic mass is 19.1. The summed E-state index contributed by atoms with van der Waals surface area (Å²) in [4.78, 5) is 4.46. The van der Waals surface area contributed by atoms with Gasteiger partial charge < -0.3 is 5.32 Å². The topological polar surface area (TPSA) is 24.9 Å². The molecular weight excluding hydrogens is 239 g/mol. The maximum absolute atomic E-state index is 13.6. The number of rotatable bonds is 2. The Morgan fingerprint density at radius 2 is 2.21 bits per heavy atom. The zero-order valence-electron chi connectivity index (χ0n) is 11.0. The molecule has 0 aliphatic carbocycles. The molecule has 2 aromatic rings. The first kappa shape index (κ1) is 12.3. The van der Waals surface area contributed by atoms with E-state index in [4.69, 9.17) is 0 Å². The number of benzene rings is 1. The highest BCUT2D eigenvalue weighted by Gasteiger charge is 2.21. The van der Waals surface area contributed by atoms with E-state index in [1.165, 1.54) is 6.07 Å². The third kappa shape index (κ3) is 2.38. The van der Waals surface area contributed by atoms with Crippen molar-refractivity contribution in [1.82, 2.24) is 10.3 Å².